The molecular weight excluding hydrogens is 569 g/mol. The van der Waals surface area contributed by atoms with Crippen molar-refractivity contribution in [3.05, 3.63) is 94.0 Å². The molecular formula is C30H35Cl2N3O4S. The SMILES string of the molecule is CCCCNC(=O)C(CC)N(Cc1c(Cl)cccc1Cl)C(=O)CN(c1cccc(C)c1)S(=O)(=O)c1ccccc1. The normalized spacial score (nSPS) is 12.0. The number of unbranched alkanes of at least 4 members (excludes halogenated alkanes) is 1. The van der Waals surface area contributed by atoms with Crippen LogP contribution in [0.1, 0.15) is 44.2 Å². The maximum Gasteiger partial charge on any atom is 0.264 e. The lowest BCUT2D eigenvalue weighted by molar-refractivity contribution is -0.140. The Morgan fingerprint density at radius 3 is 2.17 bits per heavy atom. The van der Waals surface area contributed by atoms with Gasteiger partial charge >= 0.3 is 0 Å². The van der Waals surface area contributed by atoms with Crippen molar-refractivity contribution in [2.24, 2.45) is 0 Å². The number of amides is 2. The fraction of sp³-hybridized carbons (Fsp3) is 0.333. The van der Waals surface area contributed by atoms with Gasteiger partial charge in [-0.05, 0) is 61.7 Å². The number of carbonyl (C=O) groups excluding carboxylic acids is 2. The number of halogens is 2. The van der Waals surface area contributed by atoms with Gasteiger partial charge in [-0.2, -0.15) is 0 Å². The molecule has 0 bridgehead atoms. The first kappa shape index (κ1) is 31.5. The van der Waals surface area contributed by atoms with Crippen molar-refractivity contribution in [1.82, 2.24) is 10.2 Å². The molecule has 0 spiro atoms. The molecule has 1 N–H and O–H groups in total. The van der Waals surface area contributed by atoms with Crippen LogP contribution in [0.3, 0.4) is 0 Å². The van der Waals surface area contributed by atoms with E-state index in [4.69, 9.17) is 23.2 Å². The van der Waals surface area contributed by atoms with E-state index in [1.807, 2.05) is 19.9 Å². The summed E-state index contributed by atoms with van der Waals surface area (Å²) in [5.41, 5.74) is 1.65. The molecule has 0 heterocycles. The number of hydrogen-bond donors (Lipinski definition) is 1. The third-order valence-electron chi connectivity index (χ3n) is 6.51. The average Bonchev–Trinajstić information content (AvgIpc) is 2.93. The van der Waals surface area contributed by atoms with Crippen molar-refractivity contribution in [2.75, 3.05) is 17.4 Å². The molecule has 1 unspecified atom stereocenters. The summed E-state index contributed by atoms with van der Waals surface area (Å²) in [6.45, 7) is 5.55. The summed E-state index contributed by atoms with van der Waals surface area (Å²) >= 11 is 12.9. The smallest absolute Gasteiger partial charge is 0.264 e. The van der Waals surface area contributed by atoms with Gasteiger partial charge in [0.2, 0.25) is 11.8 Å². The van der Waals surface area contributed by atoms with E-state index in [1.54, 1.807) is 61.5 Å². The van der Waals surface area contributed by atoms with Crippen molar-refractivity contribution in [3.63, 3.8) is 0 Å². The van der Waals surface area contributed by atoms with Crippen LogP contribution in [0.15, 0.2) is 77.7 Å². The van der Waals surface area contributed by atoms with Crippen LogP contribution in [-0.2, 0) is 26.2 Å². The summed E-state index contributed by atoms with van der Waals surface area (Å²) in [6, 6.07) is 19.0. The van der Waals surface area contributed by atoms with Crippen LogP contribution in [0.2, 0.25) is 10.0 Å². The number of hydrogen-bond acceptors (Lipinski definition) is 4. The topological polar surface area (TPSA) is 86.8 Å². The van der Waals surface area contributed by atoms with Gasteiger partial charge in [-0.3, -0.25) is 13.9 Å². The Kier molecular flexibility index (Phi) is 11.4. The molecule has 40 heavy (non-hydrogen) atoms. The predicted molar refractivity (Wildman–Crippen MR) is 161 cm³/mol. The second-order valence-electron chi connectivity index (χ2n) is 9.45. The maximum absolute atomic E-state index is 14.1. The van der Waals surface area contributed by atoms with E-state index in [9.17, 15) is 18.0 Å². The Morgan fingerprint density at radius 2 is 1.57 bits per heavy atom. The number of carbonyl (C=O) groups is 2. The molecule has 3 aromatic rings. The highest BCUT2D eigenvalue weighted by molar-refractivity contribution is 7.92. The molecule has 7 nitrogen and oxygen atoms in total. The molecule has 2 amide bonds. The molecule has 0 saturated heterocycles. The first-order valence-corrected chi connectivity index (χ1v) is 15.4. The minimum absolute atomic E-state index is 0.0503. The van der Waals surface area contributed by atoms with Gasteiger partial charge in [0.05, 0.1) is 10.6 Å². The third kappa shape index (κ3) is 7.77. The first-order chi connectivity index (χ1) is 19.1. The van der Waals surface area contributed by atoms with Crippen LogP contribution < -0.4 is 9.62 Å². The fourth-order valence-electron chi connectivity index (χ4n) is 4.31. The van der Waals surface area contributed by atoms with Gasteiger partial charge in [0.1, 0.15) is 12.6 Å². The lowest BCUT2D eigenvalue weighted by atomic mass is 10.1. The van der Waals surface area contributed by atoms with E-state index in [2.05, 4.69) is 5.32 Å². The molecule has 0 fully saturated rings. The number of aryl methyl sites for hydroxylation is 1. The number of benzene rings is 3. The van der Waals surface area contributed by atoms with Crippen LogP contribution in [-0.4, -0.2) is 44.3 Å². The van der Waals surface area contributed by atoms with Gasteiger partial charge < -0.3 is 10.2 Å². The Balaban J connectivity index is 2.07. The van der Waals surface area contributed by atoms with Gasteiger partial charge in [-0.15, -0.1) is 0 Å². The number of sulfonamides is 1. The van der Waals surface area contributed by atoms with Crippen LogP contribution in [0.5, 0.6) is 0 Å². The second-order valence-corrected chi connectivity index (χ2v) is 12.1. The molecule has 0 saturated carbocycles. The summed E-state index contributed by atoms with van der Waals surface area (Å²) in [6.07, 6.45) is 2.00. The average molecular weight is 605 g/mol. The number of nitrogens with one attached hydrogen (secondary N) is 1. The molecule has 214 valence electrons. The highest BCUT2D eigenvalue weighted by Gasteiger charge is 2.34. The van der Waals surface area contributed by atoms with Gasteiger partial charge in [0.15, 0.2) is 0 Å². The lowest BCUT2D eigenvalue weighted by Gasteiger charge is -2.33. The zero-order chi connectivity index (χ0) is 29.3. The van der Waals surface area contributed by atoms with E-state index in [-0.39, 0.29) is 17.3 Å². The van der Waals surface area contributed by atoms with Gasteiger partial charge in [0, 0.05) is 28.7 Å². The van der Waals surface area contributed by atoms with E-state index in [0.29, 0.717) is 34.3 Å². The molecule has 3 rings (SSSR count). The summed E-state index contributed by atoms with van der Waals surface area (Å²) in [5, 5.41) is 3.60. The highest BCUT2D eigenvalue weighted by Crippen LogP contribution is 2.29. The van der Waals surface area contributed by atoms with Crippen molar-refractivity contribution in [1.29, 1.82) is 0 Å². The maximum atomic E-state index is 14.1. The zero-order valence-corrected chi connectivity index (χ0v) is 25.3. The Hall–Kier alpha value is -3.07. The van der Waals surface area contributed by atoms with E-state index in [1.165, 1.54) is 17.0 Å². The molecule has 0 radical (unpaired) electrons. The van der Waals surface area contributed by atoms with E-state index >= 15 is 0 Å². The van der Waals surface area contributed by atoms with Crippen LogP contribution in [0.4, 0.5) is 5.69 Å². The van der Waals surface area contributed by atoms with Crippen molar-refractivity contribution >= 4 is 50.7 Å². The van der Waals surface area contributed by atoms with E-state index in [0.717, 1.165) is 22.7 Å². The Morgan fingerprint density at radius 1 is 0.925 bits per heavy atom. The van der Waals surface area contributed by atoms with Gasteiger partial charge in [-0.25, -0.2) is 8.42 Å². The minimum Gasteiger partial charge on any atom is -0.354 e. The van der Waals surface area contributed by atoms with E-state index < -0.39 is 28.5 Å². The van der Waals surface area contributed by atoms with Crippen molar-refractivity contribution in [2.45, 2.75) is 57.5 Å². The molecule has 0 aliphatic carbocycles. The molecule has 0 aliphatic rings. The molecule has 1 atom stereocenters. The summed E-state index contributed by atoms with van der Waals surface area (Å²) in [7, 11) is -4.13. The van der Waals surface area contributed by atoms with Crippen LogP contribution >= 0.6 is 23.2 Å². The van der Waals surface area contributed by atoms with Crippen molar-refractivity contribution < 1.29 is 18.0 Å². The summed E-state index contributed by atoms with van der Waals surface area (Å²) in [5.74, 6) is -0.880. The molecule has 10 heteroatoms. The molecule has 3 aromatic carbocycles. The number of nitrogens with zero attached hydrogens (tertiary/aromatic N) is 2. The first-order valence-electron chi connectivity index (χ1n) is 13.2. The fourth-order valence-corrected chi connectivity index (χ4v) is 6.25. The van der Waals surface area contributed by atoms with Crippen molar-refractivity contribution in [3.8, 4) is 0 Å². The standard InChI is InChI=1S/C30H35Cl2N3O4S/c1-4-6-18-33-30(37)28(5-2)34(20-25-26(31)16-11-17-27(25)32)29(36)21-35(23-13-10-12-22(3)19-23)40(38,39)24-14-8-7-9-15-24/h7-17,19,28H,4-6,18,20-21H2,1-3H3,(H,33,37). The summed E-state index contributed by atoms with van der Waals surface area (Å²) < 4.78 is 28.8. The minimum atomic E-state index is -4.13. The quantitative estimate of drug-likeness (QED) is 0.235. The lowest BCUT2D eigenvalue weighted by Crippen LogP contribution is -2.52. The third-order valence-corrected chi connectivity index (χ3v) is 9.00. The second kappa shape index (κ2) is 14.5. The predicted octanol–water partition coefficient (Wildman–Crippen LogP) is 6.22. The highest BCUT2D eigenvalue weighted by atomic mass is 35.5. The number of rotatable bonds is 13. The van der Waals surface area contributed by atoms with Gasteiger partial charge in [-0.1, -0.05) is 79.9 Å². The monoisotopic (exact) mass is 603 g/mol. The number of anilines is 1. The van der Waals surface area contributed by atoms with Gasteiger partial charge in [0.25, 0.3) is 10.0 Å². The molecule has 0 aliphatic heterocycles. The summed E-state index contributed by atoms with van der Waals surface area (Å²) in [4.78, 5) is 28.8. The zero-order valence-electron chi connectivity index (χ0n) is 22.9. The van der Waals surface area contributed by atoms with Crippen LogP contribution in [0, 0.1) is 6.92 Å². The Labute approximate surface area is 247 Å². The largest absolute Gasteiger partial charge is 0.354 e. The Bertz CT molecular complexity index is 1400. The molecule has 0 aromatic heterocycles. The van der Waals surface area contributed by atoms with Crippen LogP contribution in [0.25, 0.3) is 0 Å².